The van der Waals surface area contributed by atoms with Crippen LogP contribution in [0.3, 0.4) is 0 Å². The lowest BCUT2D eigenvalue weighted by atomic mass is 10.2. The molecule has 0 atom stereocenters. The van der Waals surface area contributed by atoms with Gasteiger partial charge in [-0.1, -0.05) is 39.8 Å². The van der Waals surface area contributed by atoms with Gasteiger partial charge in [0.05, 0.1) is 33.8 Å². The highest BCUT2D eigenvalue weighted by Crippen LogP contribution is 2.13. The summed E-state index contributed by atoms with van der Waals surface area (Å²) in [5.74, 6) is -4.48. The SMILES string of the molecule is CCCN(CCC)C(=O)COC(=O)CCNS(=O)(=O)c1cccc(C(=O)O)c1.CCCN(CCC)C(=O)COC(=O)CCNS(=O)(=O)c1cccc(C(=O)O)c1. The van der Waals surface area contributed by atoms with E-state index in [0.717, 1.165) is 37.8 Å². The Morgan fingerprint density at radius 1 is 0.571 bits per heavy atom. The second kappa shape index (κ2) is 25.3. The summed E-state index contributed by atoms with van der Waals surface area (Å²) in [4.78, 5) is 72.2. The molecular weight excluding hydrogens is 777 g/mol. The number of carboxylic acid groups (broad SMARTS) is 2. The van der Waals surface area contributed by atoms with Crippen molar-refractivity contribution in [3.05, 3.63) is 59.7 Å². The van der Waals surface area contributed by atoms with Crippen LogP contribution in [0.1, 0.15) is 86.9 Å². The van der Waals surface area contributed by atoms with E-state index in [4.69, 9.17) is 19.7 Å². The highest BCUT2D eigenvalue weighted by Gasteiger charge is 2.20. The van der Waals surface area contributed by atoms with Crippen molar-refractivity contribution in [2.75, 3.05) is 52.5 Å². The smallest absolute Gasteiger partial charge is 0.335 e. The van der Waals surface area contributed by atoms with Crippen molar-refractivity contribution in [2.24, 2.45) is 0 Å². The third kappa shape index (κ3) is 18.1. The van der Waals surface area contributed by atoms with Gasteiger partial charge in [-0.15, -0.1) is 0 Å². The standard InChI is InChI=1S/2C18H26N2O7S/c2*1-3-10-20(11-4-2)16(21)13-27-17(22)8-9-19-28(25,26)15-7-5-6-14(12-15)18(23)24/h2*5-7,12,19H,3-4,8-11,13H2,1-2H3,(H,23,24). The summed E-state index contributed by atoms with van der Waals surface area (Å²) in [6, 6.07) is 9.73. The van der Waals surface area contributed by atoms with Crippen molar-refractivity contribution < 1.29 is 65.3 Å². The molecule has 4 N–H and O–H groups in total. The Kier molecular flexibility index (Phi) is 22.2. The maximum absolute atomic E-state index is 12.2. The molecule has 0 spiro atoms. The van der Waals surface area contributed by atoms with Gasteiger partial charge in [0.25, 0.3) is 11.8 Å². The fourth-order valence-electron chi connectivity index (χ4n) is 4.75. The fourth-order valence-corrected chi connectivity index (χ4v) is 6.90. The van der Waals surface area contributed by atoms with Crippen LogP contribution in [0.15, 0.2) is 58.3 Å². The zero-order valence-corrected chi connectivity index (χ0v) is 33.7. The minimum atomic E-state index is -3.97. The summed E-state index contributed by atoms with van der Waals surface area (Å²) < 4.78 is 62.9. The molecule has 0 bridgehead atoms. The summed E-state index contributed by atoms with van der Waals surface area (Å²) in [6.45, 7) is 8.87. The number of ether oxygens (including phenoxy) is 2. The van der Waals surface area contributed by atoms with Crippen LogP contribution in [0.4, 0.5) is 0 Å². The molecule has 2 aromatic carbocycles. The second-order valence-electron chi connectivity index (χ2n) is 12.0. The first-order chi connectivity index (χ1) is 26.4. The molecule has 0 unspecified atom stereocenters. The van der Waals surface area contributed by atoms with Crippen LogP contribution in [0, 0.1) is 0 Å². The molecule has 2 rings (SSSR count). The summed E-state index contributed by atoms with van der Waals surface area (Å²) in [5.41, 5.74) is -0.325. The van der Waals surface area contributed by atoms with Crippen LogP contribution >= 0.6 is 0 Å². The van der Waals surface area contributed by atoms with E-state index in [9.17, 15) is 45.6 Å². The van der Waals surface area contributed by atoms with E-state index < -0.39 is 43.9 Å². The van der Waals surface area contributed by atoms with Crippen molar-refractivity contribution in [3.63, 3.8) is 0 Å². The summed E-state index contributed by atoms with van der Waals surface area (Å²) in [5, 5.41) is 17.9. The predicted molar refractivity (Wildman–Crippen MR) is 203 cm³/mol. The van der Waals surface area contributed by atoms with Gasteiger partial charge in [0.2, 0.25) is 20.0 Å². The number of amides is 2. The van der Waals surface area contributed by atoms with Crippen LogP contribution in [0.25, 0.3) is 0 Å². The molecule has 0 radical (unpaired) electrons. The molecule has 312 valence electrons. The van der Waals surface area contributed by atoms with Crippen LogP contribution < -0.4 is 9.44 Å². The molecule has 0 aliphatic rings. The number of sulfonamides is 2. The molecule has 18 nitrogen and oxygen atoms in total. The Hall–Kier alpha value is -4.92. The van der Waals surface area contributed by atoms with E-state index in [1.54, 1.807) is 9.80 Å². The van der Waals surface area contributed by atoms with Gasteiger partial charge in [-0.2, -0.15) is 0 Å². The Labute approximate surface area is 327 Å². The lowest BCUT2D eigenvalue weighted by molar-refractivity contribution is -0.152. The molecular formula is C36H52N4O14S2. The minimum Gasteiger partial charge on any atom is -0.478 e. The molecule has 0 aliphatic carbocycles. The molecule has 0 heterocycles. The zero-order chi connectivity index (χ0) is 42.3. The van der Waals surface area contributed by atoms with Crippen molar-refractivity contribution in [1.29, 1.82) is 0 Å². The predicted octanol–water partition coefficient (Wildman–Crippen LogP) is 2.49. The van der Waals surface area contributed by atoms with Gasteiger partial charge in [-0.25, -0.2) is 35.9 Å². The van der Waals surface area contributed by atoms with Crippen LogP contribution in [0.5, 0.6) is 0 Å². The molecule has 2 amide bonds. The Morgan fingerprint density at radius 3 is 1.18 bits per heavy atom. The Balaban J connectivity index is 0.000000560. The lowest BCUT2D eigenvalue weighted by Crippen LogP contribution is -2.36. The molecule has 20 heteroatoms. The molecule has 0 saturated carbocycles. The lowest BCUT2D eigenvalue weighted by Gasteiger charge is -2.21. The Morgan fingerprint density at radius 2 is 0.893 bits per heavy atom. The van der Waals surface area contributed by atoms with E-state index in [1.807, 2.05) is 27.7 Å². The van der Waals surface area contributed by atoms with Gasteiger partial charge >= 0.3 is 23.9 Å². The van der Waals surface area contributed by atoms with Gasteiger partial charge in [0, 0.05) is 39.3 Å². The van der Waals surface area contributed by atoms with Crippen molar-refractivity contribution in [1.82, 2.24) is 19.2 Å². The van der Waals surface area contributed by atoms with E-state index in [2.05, 4.69) is 9.44 Å². The summed E-state index contributed by atoms with van der Waals surface area (Å²) in [6.07, 6.45) is 2.67. The highest BCUT2D eigenvalue weighted by atomic mass is 32.2. The highest BCUT2D eigenvalue weighted by molar-refractivity contribution is 7.89. The third-order valence-electron chi connectivity index (χ3n) is 7.42. The van der Waals surface area contributed by atoms with E-state index in [1.165, 1.54) is 36.4 Å². The van der Waals surface area contributed by atoms with Crippen LogP contribution in [0.2, 0.25) is 0 Å². The monoisotopic (exact) mass is 828 g/mol. The maximum Gasteiger partial charge on any atom is 0.335 e. The number of rotatable bonds is 24. The maximum atomic E-state index is 12.2. The first-order valence-electron chi connectivity index (χ1n) is 17.9. The second-order valence-corrected chi connectivity index (χ2v) is 15.6. The Bertz CT molecular complexity index is 1710. The van der Waals surface area contributed by atoms with Crippen molar-refractivity contribution in [3.8, 4) is 0 Å². The van der Waals surface area contributed by atoms with E-state index in [-0.39, 0.29) is 71.9 Å². The van der Waals surface area contributed by atoms with Gasteiger partial charge in [-0.05, 0) is 62.1 Å². The summed E-state index contributed by atoms with van der Waals surface area (Å²) in [7, 11) is -7.94. The topological polar surface area (TPSA) is 260 Å². The van der Waals surface area contributed by atoms with Crippen molar-refractivity contribution in [2.45, 2.75) is 76.0 Å². The first-order valence-corrected chi connectivity index (χ1v) is 20.9. The third-order valence-corrected chi connectivity index (χ3v) is 10.3. The average Bonchev–Trinajstić information content (AvgIpc) is 3.16. The van der Waals surface area contributed by atoms with E-state index >= 15 is 0 Å². The first kappa shape index (κ1) is 49.1. The average molecular weight is 829 g/mol. The number of carbonyl (C=O) groups excluding carboxylic acids is 4. The van der Waals surface area contributed by atoms with Gasteiger partial charge in [-0.3, -0.25) is 19.2 Å². The van der Waals surface area contributed by atoms with Gasteiger partial charge < -0.3 is 29.5 Å². The van der Waals surface area contributed by atoms with E-state index in [0.29, 0.717) is 26.2 Å². The molecule has 2 aromatic rings. The number of aromatic carboxylic acids is 2. The fraction of sp³-hybridized carbons (Fsp3) is 0.500. The number of esters is 2. The minimum absolute atomic E-state index is 0.162. The van der Waals surface area contributed by atoms with Crippen molar-refractivity contribution >= 4 is 55.7 Å². The number of nitrogens with zero attached hydrogens (tertiary/aromatic N) is 2. The molecule has 0 fully saturated rings. The number of hydrogen-bond acceptors (Lipinski definition) is 12. The molecule has 56 heavy (non-hydrogen) atoms. The number of carboxylic acids is 2. The quantitative estimate of drug-likeness (QED) is 0.111. The van der Waals surface area contributed by atoms with Crippen LogP contribution in [-0.2, 0) is 48.7 Å². The number of carbonyl (C=O) groups is 6. The normalized spacial score (nSPS) is 11.1. The number of nitrogens with one attached hydrogen (secondary N) is 2. The summed E-state index contributed by atoms with van der Waals surface area (Å²) >= 11 is 0. The largest absolute Gasteiger partial charge is 0.478 e. The van der Waals surface area contributed by atoms with Gasteiger partial charge in [0.1, 0.15) is 0 Å². The number of benzene rings is 2. The molecule has 0 aromatic heterocycles. The van der Waals surface area contributed by atoms with Gasteiger partial charge in [0.15, 0.2) is 13.2 Å². The van der Waals surface area contributed by atoms with Crippen LogP contribution in [-0.4, -0.2) is 125 Å². The zero-order valence-electron chi connectivity index (χ0n) is 32.0. The number of hydrogen-bond donors (Lipinski definition) is 4. The molecule has 0 saturated heterocycles. The molecule has 0 aliphatic heterocycles.